The zero-order chi connectivity index (χ0) is 18.6. The van der Waals surface area contributed by atoms with E-state index in [1.165, 1.54) is 6.08 Å². The van der Waals surface area contributed by atoms with Gasteiger partial charge in [0.1, 0.15) is 18.0 Å². The van der Waals surface area contributed by atoms with Crippen LogP contribution in [0.2, 0.25) is 0 Å². The second-order valence-electron chi connectivity index (χ2n) is 5.82. The quantitative estimate of drug-likeness (QED) is 0.583. The number of rotatable bonds is 6. The number of anilines is 1. The summed E-state index contributed by atoms with van der Waals surface area (Å²) in [5, 5.41) is 12.9. The maximum atomic E-state index is 12.3. The van der Waals surface area contributed by atoms with Crippen LogP contribution < -0.4 is 10.1 Å². The van der Waals surface area contributed by atoms with Crippen molar-refractivity contribution in [1.29, 1.82) is 0 Å². The average molecular weight is 363 g/mol. The van der Waals surface area contributed by atoms with Gasteiger partial charge in [-0.3, -0.25) is 4.79 Å². The van der Waals surface area contributed by atoms with Crippen molar-refractivity contribution in [2.75, 3.05) is 18.5 Å². The fourth-order valence-corrected chi connectivity index (χ4v) is 2.77. The summed E-state index contributed by atoms with van der Waals surface area (Å²) in [6.45, 7) is 0.0929. The smallest absolute Gasteiger partial charge is 0.226 e. The summed E-state index contributed by atoms with van der Waals surface area (Å²) >= 11 is 0. The van der Waals surface area contributed by atoms with Gasteiger partial charge in [-0.2, -0.15) is 0 Å². The molecule has 0 aliphatic carbocycles. The number of aromatic nitrogens is 2. The first-order valence-electron chi connectivity index (χ1n) is 8.42. The summed E-state index contributed by atoms with van der Waals surface area (Å²) in [5.74, 6) is 0.855. The Morgan fingerprint density at radius 1 is 1.26 bits per heavy atom. The molecule has 0 unspecified atom stereocenters. The fraction of sp³-hybridized carbons (Fsp3) is 0.100. The van der Waals surface area contributed by atoms with Crippen LogP contribution in [0.4, 0.5) is 5.69 Å². The summed E-state index contributed by atoms with van der Waals surface area (Å²) in [6.07, 6.45) is 6.56. The molecule has 1 aliphatic rings. The molecule has 0 spiro atoms. The predicted octanol–water partition coefficient (Wildman–Crippen LogP) is 2.83. The number of ether oxygens (including phenoxy) is 2. The van der Waals surface area contributed by atoms with Crippen molar-refractivity contribution in [1.82, 2.24) is 9.97 Å². The summed E-state index contributed by atoms with van der Waals surface area (Å²) in [5.41, 5.74) is 2.21. The van der Waals surface area contributed by atoms with E-state index in [-0.39, 0.29) is 24.8 Å². The van der Waals surface area contributed by atoms with Crippen molar-refractivity contribution < 1.29 is 19.4 Å². The second-order valence-corrected chi connectivity index (χ2v) is 5.82. The molecule has 0 fully saturated rings. The Kier molecular flexibility index (Phi) is 4.59. The van der Waals surface area contributed by atoms with Crippen molar-refractivity contribution >= 4 is 28.6 Å². The first kappa shape index (κ1) is 16.9. The first-order valence-corrected chi connectivity index (χ1v) is 8.42. The Morgan fingerprint density at radius 3 is 3.04 bits per heavy atom. The zero-order valence-corrected chi connectivity index (χ0v) is 14.3. The van der Waals surface area contributed by atoms with Crippen LogP contribution in [0.1, 0.15) is 5.56 Å². The number of aliphatic hydroxyl groups excluding tert-OH is 1. The number of allylic oxidation sites excluding steroid dienone is 1. The lowest BCUT2D eigenvalue weighted by Crippen LogP contribution is -2.06. The van der Waals surface area contributed by atoms with E-state index in [9.17, 15) is 4.79 Å². The average Bonchev–Trinajstić information content (AvgIpc) is 3.25. The number of ketones is 1. The number of nitrogens with zero attached hydrogens (tertiary/aromatic N) is 1. The summed E-state index contributed by atoms with van der Waals surface area (Å²) < 4.78 is 11.2. The number of carbonyl (C=O) groups excluding carboxylic acids is 1. The number of hydrogen-bond acceptors (Lipinski definition) is 6. The highest BCUT2D eigenvalue weighted by atomic mass is 16.5. The van der Waals surface area contributed by atoms with E-state index in [1.54, 1.807) is 30.6 Å². The molecular formula is C20H17N3O4. The van der Waals surface area contributed by atoms with E-state index < -0.39 is 0 Å². The molecule has 0 saturated carbocycles. The van der Waals surface area contributed by atoms with E-state index in [0.717, 1.165) is 16.6 Å². The third-order valence-corrected chi connectivity index (χ3v) is 3.99. The van der Waals surface area contributed by atoms with Gasteiger partial charge in [0, 0.05) is 23.3 Å². The van der Waals surface area contributed by atoms with Gasteiger partial charge in [0.25, 0.3) is 0 Å². The standard InChI is InChI=1S/C20H17N3O4/c24-8-9-26-17-6-2-1-5-15(17)23-19-11-16(25)18(27-19)10-13-12-22-20-14(13)4-3-7-21-20/h1-7,10-12,23-24H,8-9H2,(H,21,22)/b18-10-. The SMILES string of the molecule is O=C1C=C(Nc2ccccc2OCCO)O/C1=C\c1c[nH]c2ncccc12. The monoisotopic (exact) mass is 363 g/mol. The molecule has 7 nitrogen and oxygen atoms in total. The van der Waals surface area contributed by atoms with Crippen molar-refractivity contribution in [2.45, 2.75) is 0 Å². The van der Waals surface area contributed by atoms with Crippen molar-refractivity contribution in [3.63, 3.8) is 0 Å². The molecule has 0 radical (unpaired) electrons. The molecule has 0 saturated heterocycles. The third kappa shape index (κ3) is 3.54. The van der Waals surface area contributed by atoms with Gasteiger partial charge >= 0.3 is 0 Å². The van der Waals surface area contributed by atoms with Gasteiger partial charge in [-0.25, -0.2) is 4.98 Å². The van der Waals surface area contributed by atoms with Crippen LogP contribution in [-0.4, -0.2) is 34.1 Å². The minimum Gasteiger partial charge on any atom is -0.489 e. The highest BCUT2D eigenvalue weighted by molar-refractivity contribution is 6.09. The van der Waals surface area contributed by atoms with Crippen LogP contribution in [0.15, 0.2) is 66.5 Å². The minimum atomic E-state index is -0.232. The second kappa shape index (κ2) is 7.35. The molecule has 0 atom stereocenters. The maximum absolute atomic E-state index is 12.3. The molecule has 2 aromatic heterocycles. The van der Waals surface area contributed by atoms with E-state index in [4.69, 9.17) is 14.6 Å². The molecule has 7 heteroatoms. The van der Waals surface area contributed by atoms with Crippen molar-refractivity contribution in [3.05, 3.63) is 72.1 Å². The van der Waals surface area contributed by atoms with E-state index in [1.807, 2.05) is 24.3 Å². The number of fused-ring (bicyclic) bond motifs is 1. The lowest BCUT2D eigenvalue weighted by atomic mass is 10.2. The number of para-hydroxylation sites is 2. The van der Waals surface area contributed by atoms with E-state index in [2.05, 4.69) is 15.3 Å². The lowest BCUT2D eigenvalue weighted by molar-refractivity contribution is -0.112. The molecule has 136 valence electrons. The Balaban J connectivity index is 1.53. The summed E-state index contributed by atoms with van der Waals surface area (Å²) in [6, 6.07) is 11.0. The Morgan fingerprint density at radius 2 is 2.15 bits per heavy atom. The molecule has 1 aliphatic heterocycles. The van der Waals surface area contributed by atoms with Crippen LogP contribution in [-0.2, 0) is 9.53 Å². The molecule has 27 heavy (non-hydrogen) atoms. The van der Waals surface area contributed by atoms with Crippen LogP contribution in [0.5, 0.6) is 5.75 Å². The van der Waals surface area contributed by atoms with Gasteiger partial charge < -0.3 is 24.9 Å². The Bertz CT molecular complexity index is 1050. The molecule has 1 aromatic carbocycles. The number of H-pyrrole nitrogens is 1. The minimum absolute atomic E-state index is 0.0849. The Labute approximate surface area is 155 Å². The normalized spacial score (nSPS) is 15.1. The molecule has 3 aromatic rings. The summed E-state index contributed by atoms with van der Waals surface area (Å²) in [7, 11) is 0. The van der Waals surface area contributed by atoms with Gasteiger partial charge in [0.05, 0.1) is 18.4 Å². The maximum Gasteiger partial charge on any atom is 0.226 e. The lowest BCUT2D eigenvalue weighted by Gasteiger charge is -2.12. The van der Waals surface area contributed by atoms with Crippen LogP contribution in [0.3, 0.4) is 0 Å². The predicted molar refractivity (Wildman–Crippen MR) is 101 cm³/mol. The molecule has 3 heterocycles. The number of hydrogen-bond donors (Lipinski definition) is 3. The van der Waals surface area contributed by atoms with Gasteiger partial charge in [-0.15, -0.1) is 0 Å². The number of aliphatic hydroxyl groups is 1. The van der Waals surface area contributed by atoms with Crippen LogP contribution in [0.25, 0.3) is 17.1 Å². The van der Waals surface area contributed by atoms with Gasteiger partial charge in [0.2, 0.25) is 11.7 Å². The summed E-state index contributed by atoms with van der Waals surface area (Å²) in [4.78, 5) is 19.6. The van der Waals surface area contributed by atoms with Crippen molar-refractivity contribution in [2.24, 2.45) is 0 Å². The number of pyridine rings is 1. The number of benzene rings is 1. The van der Waals surface area contributed by atoms with Crippen molar-refractivity contribution in [3.8, 4) is 5.75 Å². The zero-order valence-electron chi connectivity index (χ0n) is 14.3. The molecule has 0 amide bonds. The first-order chi connectivity index (χ1) is 13.2. The molecule has 3 N–H and O–H groups in total. The largest absolute Gasteiger partial charge is 0.489 e. The topological polar surface area (TPSA) is 96.5 Å². The highest BCUT2D eigenvalue weighted by Gasteiger charge is 2.22. The van der Waals surface area contributed by atoms with E-state index in [0.29, 0.717) is 17.3 Å². The number of aromatic amines is 1. The molecule has 0 bridgehead atoms. The fourth-order valence-electron chi connectivity index (χ4n) is 2.77. The highest BCUT2D eigenvalue weighted by Crippen LogP contribution is 2.29. The molecular weight excluding hydrogens is 346 g/mol. The van der Waals surface area contributed by atoms with Gasteiger partial charge in [-0.05, 0) is 30.3 Å². The number of nitrogens with one attached hydrogen (secondary N) is 2. The Hall–Kier alpha value is -3.58. The van der Waals surface area contributed by atoms with Gasteiger partial charge in [-0.1, -0.05) is 12.1 Å². The third-order valence-electron chi connectivity index (χ3n) is 3.99. The van der Waals surface area contributed by atoms with Gasteiger partial charge in [0.15, 0.2) is 5.76 Å². The van der Waals surface area contributed by atoms with E-state index >= 15 is 0 Å². The van der Waals surface area contributed by atoms with Crippen LogP contribution >= 0.6 is 0 Å². The molecule has 4 rings (SSSR count). The van der Waals surface area contributed by atoms with Crippen LogP contribution in [0, 0.1) is 0 Å². The number of carbonyl (C=O) groups is 1.